The van der Waals surface area contributed by atoms with Gasteiger partial charge in [-0.25, -0.2) is 4.79 Å². The first-order valence-electron chi connectivity index (χ1n) is 11.6. The molecule has 0 radical (unpaired) electrons. The molecule has 3 aliphatic heterocycles. The summed E-state index contributed by atoms with van der Waals surface area (Å²) >= 11 is 0. The first kappa shape index (κ1) is 23.3. The third kappa shape index (κ3) is 4.34. The molecule has 1 fully saturated rings. The van der Waals surface area contributed by atoms with Crippen molar-refractivity contribution >= 4 is 29.6 Å². The Morgan fingerprint density at radius 3 is 2.64 bits per heavy atom. The van der Waals surface area contributed by atoms with Gasteiger partial charge in [0.1, 0.15) is 19.0 Å². The molecule has 5 rings (SSSR count). The third-order valence-electron chi connectivity index (χ3n) is 6.48. The molecule has 2 aromatic rings. The molecule has 2 aromatic carbocycles. The van der Waals surface area contributed by atoms with Crippen LogP contribution in [0.5, 0.6) is 5.75 Å². The number of benzene rings is 2. The fraction of sp³-hybridized carbons (Fsp3) is 0.259. The van der Waals surface area contributed by atoms with Gasteiger partial charge < -0.3 is 20.1 Å². The molecule has 0 aromatic heterocycles. The normalized spacial score (nSPS) is 20.3. The van der Waals surface area contributed by atoms with E-state index in [1.165, 1.54) is 0 Å². The summed E-state index contributed by atoms with van der Waals surface area (Å²) in [5, 5.41) is 13.8. The Hall–Kier alpha value is -4.42. The van der Waals surface area contributed by atoms with Gasteiger partial charge in [-0.05, 0) is 46.9 Å². The van der Waals surface area contributed by atoms with E-state index in [1.807, 2.05) is 30.3 Å². The van der Waals surface area contributed by atoms with Crippen LogP contribution in [-0.2, 0) is 16.9 Å². The molecule has 9 heteroatoms. The highest BCUT2D eigenvalue weighted by atomic mass is 16.5. The summed E-state index contributed by atoms with van der Waals surface area (Å²) in [6.07, 6.45) is 4.59. The van der Waals surface area contributed by atoms with E-state index in [-0.39, 0.29) is 25.7 Å². The van der Waals surface area contributed by atoms with Crippen molar-refractivity contribution in [1.82, 2.24) is 15.5 Å². The lowest BCUT2D eigenvalue weighted by atomic mass is 9.87. The zero-order valence-electron chi connectivity index (χ0n) is 19.4. The highest BCUT2D eigenvalue weighted by Crippen LogP contribution is 2.33. The second kappa shape index (κ2) is 9.68. The Kier molecular flexibility index (Phi) is 6.27. The second-order valence-corrected chi connectivity index (χ2v) is 8.67. The molecule has 0 unspecified atom stereocenters. The van der Waals surface area contributed by atoms with Crippen LogP contribution in [0.1, 0.15) is 33.5 Å². The van der Waals surface area contributed by atoms with E-state index in [1.54, 1.807) is 29.3 Å². The van der Waals surface area contributed by atoms with Gasteiger partial charge in [-0.1, -0.05) is 42.2 Å². The molecule has 0 aliphatic carbocycles. The van der Waals surface area contributed by atoms with Gasteiger partial charge in [-0.15, -0.1) is 0 Å². The van der Waals surface area contributed by atoms with Crippen LogP contribution in [0.3, 0.4) is 0 Å². The number of rotatable bonds is 6. The molecule has 9 nitrogen and oxygen atoms in total. The van der Waals surface area contributed by atoms with Crippen molar-refractivity contribution in [2.24, 2.45) is 4.99 Å². The largest absolute Gasteiger partial charge is 0.481 e. The molecular formula is C27H24N4O5. The molecule has 0 spiro atoms. The van der Waals surface area contributed by atoms with Gasteiger partial charge in [0.25, 0.3) is 11.8 Å². The fourth-order valence-corrected chi connectivity index (χ4v) is 4.66. The molecule has 3 heterocycles. The SMILES string of the molecule is O=C1NC(=O)[C@](CN2Cc3ccc(OCC#CCO)cc3C2=O)(c2ccc(C3=CC=NCC3)cc2)N1. The van der Waals surface area contributed by atoms with Crippen molar-refractivity contribution in [2.75, 3.05) is 26.3 Å². The van der Waals surface area contributed by atoms with Gasteiger partial charge in [-0.2, -0.15) is 0 Å². The lowest BCUT2D eigenvalue weighted by Gasteiger charge is -2.31. The summed E-state index contributed by atoms with van der Waals surface area (Å²) in [6.45, 7) is 0.851. The number of fused-ring (bicyclic) bond motifs is 1. The number of dihydropyridines is 1. The Balaban J connectivity index is 1.39. The first-order valence-corrected chi connectivity index (χ1v) is 11.6. The minimum absolute atomic E-state index is 0.0229. The number of hydrogen-bond acceptors (Lipinski definition) is 6. The average molecular weight is 485 g/mol. The molecule has 3 N–H and O–H groups in total. The Labute approximate surface area is 207 Å². The smallest absolute Gasteiger partial charge is 0.322 e. The molecular weight excluding hydrogens is 460 g/mol. The number of aliphatic imine (C=N–C) groups is 1. The Bertz CT molecular complexity index is 1350. The number of aliphatic hydroxyl groups is 1. The molecule has 1 atom stereocenters. The van der Waals surface area contributed by atoms with E-state index in [9.17, 15) is 14.4 Å². The predicted molar refractivity (Wildman–Crippen MR) is 132 cm³/mol. The van der Waals surface area contributed by atoms with Crippen molar-refractivity contribution in [3.63, 3.8) is 0 Å². The van der Waals surface area contributed by atoms with Crippen molar-refractivity contribution < 1.29 is 24.2 Å². The van der Waals surface area contributed by atoms with Crippen LogP contribution in [0, 0.1) is 11.8 Å². The molecule has 4 amide bonds. The van der Waals surface area contributed by atoms with Crippen LogP contribution in [0.25, 0.3) is 5.57 Å². The maximum Gasteiger partial charge on any atom is 0.322 e. The minimum atomic E-state index is -1.41. The van der Waals surface area contributed by atoms with Crippen LogP contribution in [0.15, 0.2) is 53.5 Å². The number of carbonyl (C=O) groups is 3. The molecule has 36 heavy (non-hydrogen) atoms. The van der Waals surface area contributed by atoms with Crippen LogP contribution in [-0.4, -0.2) is 60.4 Å². The van der Waals surface area contributed by atoms with Crippen molar-refractivity contribution in [3.05, 3.63) is 70.8 Å². The standard InChI is InChI=1S/C27H24N4O5/c32-13-1-2-14-36-22-8-5-20-16-31(24(33)23(20)15-22)17-27(25(34)29-26(35)30-27)21-6-3-18(4-7-21)19-9-11-28-12-10-19/h3-9,11,15,32H,10,12-14,16-17H2,(H2,29,30,34,35)/t27-/m0/s1. The number of allylic oxidation sites excluding steroid dienone is 1. The number of carbonyl (C=O) groups excluding carboxylic acids is 3. The summed E-state index contributed by atoms with van der Waals surface area (Å²) in [5.74, 6) is 4.89. The number of aliphatic hydroxyl groups excluding tert-OH is 1. The van der Waals surface area contributed by atoms with Crippen LogP contribution in [0.2, 0.25) is 0 Å². The maximum absolute atomic E-state index is 13.3. The van der Waals surface area contributed by atoms with Crippen LogP contribution in [0.4, 0.5) is 4.79 Å². The number of nitrogens with one attached hydrogen (secondary N) is 2. The van der Waals surface area contributed by atoms with Crippen molar-refractivity contribution in [2.45, 2.75) is 18.5 Å². The summed E-state index contributed by atoms with van der Waals surface area (Å²) in [6, 6.07) is 12.1. The van der Waals surface area contributed by atoms with Gasteiger partial charge in [0, 0.05) is 24.9 Å². The Morgan fingerprint density at radius 2 is 1.94 bits per heavy atom. The molecule has 182 valence electrons. The zero-order chi connectivity index (χ0) is 25.1. The van der Waals surface area contributed by atoms with E-state index in [2.05, 4.69) is 27.5 Å². The zero-order valence-corrected chi connectivity index (χ0v) is 19.4. The quantitative estimate of drug-likeness (QED) is 0.425. The second-order valence-electron chi connectivity index (χ2n) is 8.67. The van der Waals surface area contributed by atoms with Crippen molar-refractivity contribution in [1.29, 1.82) is 0 Å². The van der Waals surface area contributed by atoms with Gasteiger partial charge in [-0.3, -0.25) is 19.9 Å². The third-order valence-corrected chi connectivity index (χ3v) is 6.48. The van der Waals surface area contributed by atoms with E-state index in [4.69, 9.17) is 9.84 Å². The first-order chi connectivity index (χ1) is 17.5. The number of urea groups is 1. The Morgan fingerprint density at radius 1 is 1.11 bits per heavy atom. The summed E-state index contributed by atoms with van der Waals surface area (Å²) < 4.78 is 5.54. The fourth-order valence-electron chi connectivity index (χ4n) is 4.66. The van der Waals surface area contributed by atoms with E-state index in [0.29, 0.717) is 23.4 Å². The maximum atomic E-state index is 13.3. The number of amides is 4. The average Bonchev–Trinajstić information content (AvgIpc) is 3.37. The van der Waals surface area contributed by atoms with Crippen LogP contribution < -0.4 is 15.4 Å². The highest BCUT2D eigenvalue weighted by Gasteiger charge is 2.50. The molecule has 0 saturated carbocycles. The lowest BCUT2D eigenvalue weighted by molar-refractivity contribution is -0.124. The highest BCUT2D eigenvalue weighted by molar-refractivity contribution is 6.08. The van der Waals surface area contributed by atoms with Crippen molar-refractivity contribution in [3.8, 4) is 17.6 Å². The molecule has 0 bridgehead atoms. The topological polar surface area (TPSA) is 120 Å². The number of hydrogen-bond donors (Lipinski definition) is 3. The number of imide groups is 1. The summed E-state index contributed by atoms with van der Waals surface area (Å²) in [5.41, 5.74) is 2.63. The van der Waals surface area contributed by atoms with Gasteiger partial charge in [0.15, 0.2) is 5.54 Å². The van der Waals surface area contributed by atoms with Gasteiger partial charge >= 0.3 is 6.03 Å². The molecule has 3 aliphatic rings. The monoisotopic (exact) mass is 484 g/mol. The number of nitrogens with zero attached hydrogens (tertiary/aromatic N) is 2. The van der Waals surface area contributed by atoms with E-state index < -0.39 is 17.5 Å². The van der Waals surface area contributed by atoms with E-state index in [0.717, 1.165) is 29.7 Å². The summed E-state index contributed by atoms with van der Waals surface area (Å²) in [7, 11) is 0. The van der Waals surface area contributed by atoms with E-state index >= 15 is 0 Å². The lowest BCUT2D eigenvalue weighted by Crippen LogP contribution is -2.52. The minimum Gasteiger partial charge on any atom is -0.481 e. The van der Waals surface area contributed by atoms with Gasteiger partial charge in [0.05, 0.1) is 6.54 Å². The van der Waals surface area contributed by atoms with Crippen LogP contribution >= 0.6 is 0 Å². The van der Waals surface area contributed by atoms with Gasteiger partial charge in [0.2, 0.25) is 0 Å². The number of ether oxygens (including phenoxy) is 1. The summed E-state index contributed by atoms with van der Waals surface area (Å²) in [4.78, 5) is 44.3. The predicted octanol–water partition coefficient (Wildman–Crippen LogP) is 1.61. The molecule has 1 saturated heterocycles.